The smallest absolute Gasteiger partial charge is 0.490 e. The lowest BCUT2D eigenvalue weighted by molar-refractivity contribution is -0.193. The standard InChI is InChI=1S/C24H28ClN5O.2C2HF3O2/c1-28-16-22-26-27-23(19-6-8-21(31-2)9-7-19)30(22)24(17-28)10-12-29(13-11-24)15-18-4-3-5-20(25)14-18;2*3-2(4,5)1(6)7/h3-9,14H,10-13,15-17H2,1-2H3;2*(H,6,7). The summed E-state index contributed by atoms with van der Waals surface area (Å²) in [4.78, 5) is 22.7. The van der Waals surface area contributed by atoms with Crippen molar-refractivity contribution in [3.63, 3.8) is 0 Å². The molecule has 0 unspecified atom stereocenters. The number of likely N-dealkylation sites (N-methyl/N-ethyl adjacent to an activating group) is 1. The van der Waals surface area contributed by atoms with Crippen LogP contribution in [0.5, 0.6) is 5.75 Å². The van der Waals surface area contributed by atoms with Crippen LogP contribution in [0.1, 0.15) is 24.2 Å². The van der Waals surface area contributed by atoms with Crippen molar-refractivity contribution >= 4 is 23.5 Å². The van der Waals surface area contributed by atoms with Crippen LogP contribution in [-0.4, -0.2) is 92.9 Å². The second-order valence-electron chi connectivity index (χ2n) is 10.4. The number of piperidine rings is 1. The first-order valence-corrected chi connectivity index (χ1v) is 13.7. The summed E-state index contributed by atoms with van der Waals surface area (Å²) in [7, 11) is 3.88. The molecule has 0 aliphatic carbocycles. The maximum Gasteiger partial charge on any atom is 0.490 e. The number of benzene rings is 2. The van der Waals surface area contributed by atoms with Crippen molar-refractivity contribution in [2.24, 2.45) is 0 Å². The average Bonchev–Trinajstić information content (AvgIpc) is 3.39. The fourth-order valence-corrected chi connectivity index (χ4v) is 5.33. The lowest BCUT2D eigenvalue weighted by Crippen LogP contribution is -2.55. The Hall–Kier alpha value is -3.89. The Kier molecular flexibility index (Phi) is 11.4. The Bertz CT molecular complexity index is 1430. The van der Waals surface area contributed by atoms with Crippen molar-refractivity contribution < 1.29 is 50.9 Å². The van der Waals surface area contributed by atoms with Gasteiger partial charge in [0.05, 0.1) is 19.2 Å². The lowest BCUT2D eigenvalue weighted by atomic mass is 9.84. The first kappa shape index (κ1) is 35.6. The molecule has 1 saturated heterocycles. The zero-order valence-electron chi connectivity index (χ0n) is 24.1. The summed E-state index contributed by atoms with van der Waals surface area (Å²) in [6.45, 7) is 4.87. The van der Waals surface area contributed by atoms with Crippen molar-refractivity contribution in [2.75, 3.05) is 33.8 Å². The number of carbonyl (C=O) groups is 2. The maximum absolute atomic E-state index is 10.6. The third-order valence-corrected chi connectivity index (χ3v) is 7.33. The quantitative estimate of drug-likeness (QED) is 0.357. The van der Waals surface area contributed by atoms with E-state index >= 15 is 0 Å². The van der Waals surface area contributed by atoms with Crippen LogP contribution in [0.15, 0.2) is 48.5 Å². The van der Waals surface area contributed by atoms with Gasteiger partial charge >= 0.3 is 24.3 Å². The lowest BCUT2D eigenvalue weighted by Gasteiger charge is -2.48. The Morgan fingerprint density at radius 2 is 1.51 bits per heavy atom. The van der Waals surface area contributed by atoms with Crippen LogP contribution >= 0.6 is 11.6 Å². The molecule has 3 aromatic rings. The number of methoxy groups -OCH3 is 1. The van der Waals surface area contributed by atoms with Gasteiger partial charge in [0.15, 0.2) is 5.82 Å². The number of nitrogens with zero attached hydrogens (tertiary/aromatic N) is 5. The van der Waals surface area contributed by atoms with Gasteiger partial charge in [0.1, 0.15) is 11.6 Å². The largest absolute Gasteiger partial charge is 0.497 e. The van der Waals surface area contributed by atoms with Gasteiger partial charge in [-0.2, -0.15) is 26.3 Å². The predicted octanol–water partition coefficient (Wildman–Crippen LogP) is 5.31. The van der Waals surface area contributed by atoms with Crippen LogP contribution in [0, 0.1) is 0 Å². The molecule has 246 valence electrons. The Morgan fingerprint density at radius 1 is 0.956 bits per heavy atom. The van der Waals surface area contributed by atoms with E-state index in [0.29, 0.717) is 0 Å². The van der Waals surface area contributed by atoms with Gasteiger partial charge in [-0.1, -0.05) is 23.7 Å². The topological polar surface area (TPSA) is 121 Å². The monoisotopic (exact) mass is 665 g/mol. The maximum atomic E-state index is 10.6. The minimum absolute atomic E-state index is 0.0198. The molecule has 0 atom stereocenters. The van der Waals surface area contributed by atoms with Gasteiger partial charge in [0, 0.05) is 36.8 Å². The summed E-state index contributed by atoms with van der Waals surface area (Å²) in [6.07, 6.45) is -8.02. The van der Waals surface area contributed by atoms with Crippen LogP contribution in [0.2, 0.25) is 5.02 Å². The SMILES string of the molecule is COc1ccc(-c2nnc3n2C2(CCN(Cc4cccc(Cl)c4)CC2)CN(C)C3)cc1.O=C(O)C(F)(F)F.O=C(O)C(F)(F)F. The molecule has 0 saturated carbocycles. The molecule has 2 aliphatic rings. The van der Waals surface area contributed by atoms with E-state index in [1.54, 1.807) is 7.11 Å². The molecule has 5 rings (SSSR count). The van der Waals surface area contributed by atoms with Crippen LogP contribution in [0.4, 0.5) is 26.3 Å². The molecule has 0 amide bonds. The number of alkyl halides is 6. The summed E-state index contributed by atoms with van der Waals surface area (Å²) >= 11 is 6.18. The molecular formula is C28H30ClF6N5O5. The van der Waals surface area contributed by atoms with Crippen molar-refractivity contribution in [3.8, 4) is 17.1 Å². The minimum atomic E-state index is -5.08. The summed E-state index contributed by atoms with van der Waals surface area (Å²) in [5.74, 6) is -2.64. The summed E-state index contributed by atoms with van der Waals surface area (Å²) in [6, 6.07) is 16.3. The van der Waals surface area contributed by atoms with Crippen molar-refractivity contribution in [2.45, 2.75) is 43.8 Å². The number of carboxylic acid groups (broad SMARTS) is 2. The number of rotatable bonds is 4. The highest BCUT2D eigenvalue weighted by atomic mass is 35.5. The molecule has 0 bridgehead atoms. The van der Waals surface area contributed by atoms with E-state index < -0.39 is 24.3 Å². The number of carboxylic acids is 2. The van der Waals surface area contributed by atoms with E-state index in [-0.39, 0.29) is 5.54 Å². The molecule has 0 radical (unpaired) electrons. The van der Waals surface area contributed by atoms with E-state index in [2.05, 4.69) is 55.9 Å². The number of ether oxygens (including phenoxy) is 1. The highest BCUT2D eigenvalue weighted by Crippen LogP contribution is 2.39. The van der Waals surface area contributed by atoms with Gasteiger partial charge in [-0.3, -0.25) is 9.80 Å². The first-order chi connectivity index (χ1) is 20.9. The number of fused-ring (bicyclic) bond motifs is 2. The number of likely N-dealkylation sites (tertiary alicyclic amines) is 1. The van der Waals surface area contributed by atoms with Crippen LogP contribution in [0.3, 0.4) is 0 Å². The Balaban J connectivity index is 0.000000331. The molecule has 2 aromatic carbocycles. The summed E-state index contributed by atoms with van der Waals surface area (Å²) in [5, 5.41) is 24.3. The third-order valence-electron chi connectivity index (χ3n) is 7.10. The number of aliphatic carboxylic acids is 2. The second-order valence-corrected chi connectivity index (χ2v) is 10.8. The predicted molar refractivity (Wildman–Crippen MR) is 150 cm³/mol. The van der Waals surface area contributed by atoms with E-state index in [4.69, 9.17) is 36.1 Å². The molecule has 17 heteroatoms. The van der Waals surface area contributed by atoms with Crippen LogP contribution in [0.25, 0.3) is 11.4 Å². The summed E-state index contributed by atoms with van der Waals surface area (Å²) in [5.41, 5.74) is 2.38. The number of hydrogen-bond donors (Lipinski definition) is 2. The molecular weight excluding hydrogens is 636 g/mol. The van der Waals surface area contributed by atoms with Crippen molar-refractivity contribution in [1.29, 1.82) is 0 Å². The number of aromatic nitrogens is 3. The van der Waals surface area contributed by atoms with Crippen LogP contribution in [-0.2, 0) is 28.2 Å². The fourth-order valence-electron chi connectivity index (χ4n) is 5.12. The highest BCUT2D eigenvalue weighted by Gasteiger charge is 2.43. The molecule has 1 aromatic heterocycles. The Morgan fingerprint density at radius 3 is 2.00 bits per heavy atom. The molecule has 45 heavy (non-hydrogen) atoms. The van der Waals surface area contributed by atoms with Gasteiger partial charge in [-0.25, -0.2) is 9.59 Å². The average molecular weight is 666 g/mol. The first-order valence-electron chi connectivity index (χ1n) is 13.3. The van der Waals surface area contributed by atoms with Gasteiger partial charge in [0.25, 0.3) is 0 Å². The van der Waals surface area contributed by atoms with Crippen molar-refractivity contribution in [3.05, 3.63) is 64.9 Å². The zero-order valence-corrected chi connectivity index (χ0v) is 24.8. The fraction of sp³-hybridized carbons (Fsp3) is 0.429. The van der Waals surface area contributed by atoms with E-state index in [1.807, 2.05) is 24.3 Å². The molecule has 3 heterocycles. The number of hydrogen-bond acceptors (Lipinski definition) is 7. The molecule has 2 N–H and O–H groups in total. The molecule has 1 fully saturated rings. The van der Waals surface area contributed by atoms with Gasteiger partial charge in [0.2, 0.25) is 0 Å². The minimum Gasteiger partial charge on any atom is -0.497 e. The summed E-state index contributed by atoms with van der Waals surface area (Å²) < 4.78 is 71.2. The van der Waals surface area contributed by atoms with Crippen molar-refractivity contribution in [1.82, 2.24) is 24.6 Å². The van der Waals surface area contributed by atoms with E-state index in [1.165, 1.54) is 5.56 Å². The van der Waals surface area contributed by atoms with E-state index in [9.17, 15) is 26.3 Å². The molecule has 10 nitrogen and oxygen atoms in total. The molecule has 2 aliphatic heterocycles. The van der Waals surface area contributed by atoms with Gasteiger partial charge in [-0.15, -0.1) is 10.2 Å². The normalized spacial score (nSPS) is 16.5. The highest BCUT2D eigenvalue weighted by molar-refractivity contribution is 6.30. The van der Waals surface area contributed by atoms with Gasteiger partial charge in [-0.05, 0) is 61.9 Å². The van der Waals surface area contributed by atoms with Gasteiger partial charge < -0.3 is 19.5 Å². The second kappa shape index (κ2) is 14.5. The molecule has 1 spiro atoms. The number of halogens is 7. The van der Waals surface area contributed by atoms with E-state index in [0.717, 1.165) is 73.5 Å². The zero-order chi connectivity index (χ0) is 33.6. The van der Waals surface area contributed by atoms with Crippen LogP contribution < -0.4 is 4.74 Å². The Labute approximate surface area is 258 Å². The third kappa shape index (κ3) is 9.55.